The molecule has 1 aliphatic heterocycles. The number of amides is 2. The highest BCUT2D eigenvalue weighted by Gasteiger charge is 2.20. The Morgan fingerprint density at radius 2 is 2.11 bits per heavy atom. The molecule has 0 saturated carbocycles. The van der Waals surface area contributed by atoms with Crippen molar-refractivity contribution in [3.63, 3.8) is 0 Å². The van der Waals surface area contributed by atoms with Gasteiger partial charge in [-0.1, -0.05) is 12.1 Å². The van der Waals surface area contributed by atoms with Crippen molar-refractivity contribution in [3.05, 3.63) is 29.8 Å². The molecule has 0 spiro atoms. The summed E-state index contributed by atoms with van der Waals surface area (Å²) in [5.74, 6) is 0.403. The second-order valence-corrected chi connectivity index (χ2v) is 4.64. The number of piperidine rings is 1. The number of aliphatic hydroxyl groups excluding tert-OH is 1. The molecule has 0 radical (unpaired) electrons. The van der Waals surface area contributed by atoms with Crippen LogP contribution in [0.15, 0.2) is 24.3 Å². The molecule has 1 aromatic carbocycles. The lowest BCUT2D eigenvalue weighted by molar-refractivity contribution is 0.109. The second-order valence-electron chi connectivity index (χ2n) is 4.64. The Labute approximate surface area is 111 Å². The summed E-state index contributed by atoms with van der Waals surface area (Å²) >= 11 is 0. The first-order valence-electron chi connectivity index (χ1n) is 6.24. The molecule has 0 bridgehead atoms. The molecule has 5 N–H and O–H groups in total. The summed E-state index contributed by atoms with van der Waals surface area (Å²) in [6.07, 6.45) is 1.11. The van der Waals surface area contributed by atoms with Gasteiger partial charge < -0.3 is 21.1 Å². The van der Waals surface area contributed by atoms with Crippen LogP contribution in [-0.2, 0) is 0 Å². The topological polar surface area (TPSA) is 102 Å². The number of benzene rings is 1. The van der Waals surface area contributed by atoms with Gasteiger partial charge in [0, 0.05) is 24.3 Å². The van der Waals surface area contributed by atoms with E-state index in [1.165, 1.54) is 0 Å². The number of nitrogens with zero attached hydrogens (tertiary/aromatic N) is 1. The molecule has 0 aromatic heterocycles. The maximum Gasteiger partial charge on any atom is 0.316 e. The summed E-state index contributed by atoms with van der Waals surface area (Å²) in [5, 5.41) is 20.1. The lowest BCUT2D eigenvalue weighted by Crippen LogP contribution is -2.40. The van der Waals surface area contributed by atoms with Crippen LogP contribution in [0.1, 0.15) is 18.4 Å². The van der Waals surface area contributed by atoms with Gasteiger partial charge in [-0.05, 0) is 25.0 Å². The van der Waals surface area contributed by atoms with Gasteiger partial charge in [0.1, 0.15) is 5.84 Å². The predicted octanol–water partition coefficient (Wildman–Crippen LogP) is 0.959. The molecule has 1 heterocycles. The van der Waals surface area contributed by atoms with Crippen molar-refractivity contribution < 1.29 is 9.90 Å². The van der Waals surface area contributed by atoms with E-state index in [1.807, 2.05) is 11.0 Å². The van der Waals surface area contributed by atoms with Crippen LogP contribution in [0.25, 0.3) is 0 Å². The van der Waals surface area contributed by atoms with Gasteiger partial charge in [0.05, 0.1) is 6.10 Å². The van der Waals surface area contributed by atoms with Gasteiger partial charge in [-0.25, -0.2) is 4.79 Å². The van der Waals surface area contributed by atoms with Crippen LogP contribution in [-0.4, -0.2) is 41.1 Å². The fraction of sp³-hybridized carbons (Fsp3) is 0.385. The van der Waals surface area contributed by atoms with E-state index in [-0.39, 0.29) is 6.10 Å². The molecule has 6 nitrogen and oxygen atoms in total. The lowest BCUT2D eigenvalue weighted by atomic mass is 10.1. The van der Waals surface area contributed by atoms with E-state index in [1.54, 1.807) is 18.2 Å². The summed E-state index contributed by atoms with van der Waals surface area (Å²) in [6, 6.07) is 6.41. The van der Waals surface area contributed by atoms with Crippen molar-refractivity contribution in [1.29, 1.82) is 5.41 Å². The Hall–Kier alpha value is -2.08. The zero-order valence-corrected chi connectivity index (χ0v) is 10.6. The summed E-state index contributed by atoms with van der Waals surface area (Å²) in [4.78, 5) is 12.7. The number of urea groups is 1. The van der Waals surface area contributed by atoms with Gasteiger partial charge in [-0.15, -0.1) is 0 Å². The van der Waals surface area contributed by atoms with Crippen molar-refractivity contribution in [2.45, 2.75) is 18.9 Å². The first kappa shape index (κ1) is 13.4. The number of hydrogen-bond acceptors (Lipinski definition) is 3. The minimum absolute atomic E-state index is 0.257. The highest BCUT2D eigenvalue weighted by atomic mass is 16.3. The van der Waals surface area contributed by atoms with Gasteiger partial charge in [0.2, 0.25) is 0 Å². The maximum absolute atomic E-state index is 10.8. The Morgan fingerprint density at radius 3 is 2.74 bits per heavy atom. The number of nitrogens with one attached hydrogen (secondary N) is 2. The highest BCUT2D eigenvalue weighted by molar-refractivity contribution is 5.98. The zero-order chi connectivity index (χ0) is 13.8. The molecule has 2 rings (SSSR count). The van der Waals surface area contributed by atoms with Crippen LogP contribution in [0.3, 0.4) is 0 Å². The van der Waals surface area contributed by atoms with E-state index in [0.29, 0.717) is 37.5 Å². The molecule has 102 valence electrons. The van der Waals surface area contributed by atoms with Crippen LogP contribution in [0.2, 0.25) is 0 Å². The number of carbonyl (C=O) groups is 1. The molecule has 19 heavy (non-hydrogen) atoms. The molecule has 1 fully saturated rings. The smallest absolute Gasteiger partial charge is 0.316 e. The number of hydrogen-bond donors (Lipinski definition) is 4. The molecule has 1 aromatic rings. The molecule has 1 aliphatic rings. The molecule has 0 atom stereocenters. The normalized spacial score (nSPS) is 16.2. The minimum Gasteiger partial charge on any atom is -0.393 e. The summed E-state index contributed by atoms with van der Waals surface area (Å²) in [6.45, 7) is 1.35. The first-order valence-corrected chi connectivity index (χ1v) is 6.24. The van der Waals surface area contributed by atoms with Gasteiger partial charge in [-0.3, -0.25) is 5.41 Å². The number of amidine groups is 1. The van der Waals surface area contributed by atoms with Crippen LogP contribution in [0, 0.1) is 5.41 Å². The van der Waals surface area contributed by atoms with Crippen LogP contribution >= 0.6 is 0 Å². The van der Waals surface area contributed by atoms with Crippen molar-refractivity contribution in [2.75, 3.05) is 18.4 Å². The molecular formula is C13H18N4O2. The van der Waals surface area contributed by atoms with E-state index in [9.17, 15) is 9.90 Å². The average Bonchev–Trinajstić information content (AvgIpc) is 2.38. The van der Waals surface area contributed by atoms with E-state index in [4.69, 9.17) is 11.1 Å². The van der Waals surface area contributed by atoms with Crippen LogP contribution in [0.4, 0.5) is 10.5 Å². The van der Waals surface area contributed by atoms with Crippen LogP contribution in [0.5, 0.6) is 0 Å². The van der Waals surface area contributed by atoms with Crippen molar-refractivity contribution in [1.82, 2.24) is 4.90 Å². The molecular weight excluding hydrogens is 244 g/mol. The summed E-state index contributed by atoms with van der Waals surface area (Å²) < 4.78 is 0. The standard InChI is InChI=1S/C13H18N4O2/c14-12(17-6-4-11(18)5-7-17)9-2-1-3-10(8-9)16-13(15)19/h1-3,8,11,14,18H,4-7H2,(H3,15,16,19). The molecule has 0 unspecified atom stereocenters. The third-order valence-corrected chi connectivity index (χ3v) is 3.18. The SMILES string of the molecule is N=C(c1cccc(NC(N)=O)c1)N1CCC(O)CC1. The van der Waals surface area contributed by atoms with Gasteiger partial charge in [0.25, 0.3) is 0 Å². The Bertz CT molecular complexity index is 481. The Kier molecular flexibility index (Phi) is 4.01. The first-order chi connectivity index (χ1) is 9.06. The number of aliphatic hydroxyl groups is 1. The third kappa shape index (κ3) is 3.45. The van der Waals surface area contributed by atoms with Gasteiger partial charge >= 0.3 is 6.03 Å². The fourth-order valence-electron chi connectivity index (χ4n) is 2.16. The quantitative estimate of drug-likeness (QED) is 0.471. The Balaban J connectivity index is 2.08. The van der Waals surface area contributed by atoms with Gasteiger partial charge in [-0.2, -0.15) is 0 Å². The zero-order valence-electron chi connectivity index (χ0n) is 10.6. The molecule has 0 aliphatic carbocycles. The Morgan fingerprint density at radius 1 is 1.42 bits per heavy atom. The number of anilines is 1. The van der Waals surface area contributed by atoms with Gasteiger partial charge in [0.15, 0.2) is 0 Å². The molecule has 1 saturated heterocycles. The molecule has 2 amide bonds. The van der Waals surface area contributed by atoms with Crippen molar-refractivity contribution in [3.8, 4) is 0 Å². The minimum atomic E-state index is -0.621. The second kappa shape index (κ2) is 5.71. The summed E-state index contributed by atoms with van der Waals surface area (Å²) in [7, 11) is 0. The number of carbonyl (C=O) groups excluding carboxylic acids is 1. The monoisotopic (exact) mass is 262 g/mol. The van der Waals surface area contributed by atoms with E-state index in [2.05, 4.69) is 5.32 Å². The van der Waals surface area contributed by atoms with Crippen LogP contribution < -0.4 is 11.1 Å². The van der Waals surface area contributed by atoms with E-state index in [0.717, 1.165) is 5.56 Å². The highest BCUT2D eigenvalue weighted by Crippen LogP contribution is 2.16. The number of nitrogens with two attached hydrogens (primary N) is 1. The maximum atomic E-state index is 10.8. The molecule has 6 heteroatoms. The van der Waals surface area contributed by atoms with E-state index < -0.39 is 6.03 Å². The number of primary amides is 1. The average molecular weight is 262 g/mol. The summed E-state index contributed by atoms with van der Waals surface area (Å²) in [5.41, 5.74) is 6.37. The lowest BCUT2D eigenvalue weighted by Gasteiger charge is -2.31. The van der Waals surface area contributed by atoms with Crippen molar-refractivity contribution in [2.24, 2.45) is 5.73 Å². The largest absolute Gasteiger partial charge is 0.393 e. The number of likely N-dealkylation sites (tertiary alicyclic amines) is 1. The predicted molar refractivity (Wildman–Crippen MR) is 73.3 cm³/mol. The third-order valence-electron chi connectivity index (χ3n) is 3.18. The fourth-order valence-corrected chi connectivity index (χ4v) is 2.16. The number of rotatable bonds is 2. The van der Waals surface area contributed by atoms with E-state index >= 15 is 0 Å². The van der Waals surface area contributed by atoms with Crippen molar-refractivity contribution >= 4 is 17.6 Å².